The molecule has 4 nitrogen and oxygen atoms in total. The average molecular weight is 191 g/mol. The van der Waals surface area contributed by atoms with Crippen LogP contribution in [0.2, 0.25) is 0 Å². The number of ether oxygens (including phenoxy) is 1. The van der Waals surface area contributed by atoms with Crippen LogP contribution in [0.4, 0.5) is 5.69 Å². The zero-order valence-electron chi connectivity index (χ0n) is 8.18. The molecule has 0 saturated carbocycles. The van der Waals surface area contributed by atoms with Gasteiger partial charge in [-0.25, -0.2) is 9.97 Å². The van der Waals surface area contributed by atoms with E-state index >= 15 is 0 Å². The Hall–Kier alpha value is -1.16. The maximum Gasteiger partial charge on any atom is 0.125 e. The zero-order chi connectivity index (χ0) is 9.54. The topological polar surface area (TPSA) is 38.2 Å². The normalized spacial score (nSPS) is 29.9. The van der Waals surface area contributed by atoms with Crippen molar-refractivity contribution in [1.29, 1.82) is 0 Å². The van der Waals surface area contributed by atoms with Crippen molar-refractivity contribution < 1.29 is 4.74 Å². The predicted octanol–water partition coefficient (Wildman–Crippen LogP) is 0.763. The highest BCUT2D eigenvalue weighted by Crippen LogP contribution is 2.31. The van der Waals surface area contributed by atoms with Crippen molar-refractivity contribution >= 4 is 5.69 Å². The fraction of sp³-hybridized carbons (Fsp3) is 0.600. The summed E-state index contributed by atoms with van der Waals surface area (Å²) in [5.41, 5.74) is 1.13. The van der Waals surface area contributed by atoms with Gasteiger partial charge < -0.3 is 9.64 Å². The molecular weight excluding hydrogens is 178 g/mol. The van der Waals surface area contributed by atoms with Crippen molar-refractivity contribution in [2.24, 2.45) is 0 Å². The Morgan fingerprint density at radius 1 is 1.43 bits per heavy atom. The van der Waals surface area contributed by atoms with Gasteiger partial charge in [-0.3, -0.25) is 0 Å². The molecule has 0 N–H and O–H groups in total. The number of aromatic nitrogens is 2. The number of hydrogen-bond donors (Lipinski definition) is 0. The summed E-state index contributed by atoms with van der Waals surface area (Å²) < 4.78 is 5.54. The SMILES string of the molecule is Cc1ncc(N2CC3CC2CO3)cn1. The average Bonchev–Trinajstić information content (AvgIpc) is 2.80. The van der Waals surface area contributed by atoms with Crippen LogP contribution in [0, 0.1) is 6.92 Å². The van der Waals surface area contributed by atoms with E-state index in [0.29, 0.717) is 12.1 Å². The van der Waals surface area contributed by atoms with Crippen LogP contribution in [0.3, 0.4) is 0 Å². The molecule has 2 bridgehead atoms. The van der Waals surface area contributed by atoms with Gasteiger partial charge in [-0.2, -0.15) is 0 Å². The minimum absolute atomic E-state index is 0.432. The molecule has 0 aliphatic carbocycles. The van der Waals surface area contributed by atoms with Crippen molar-refractivity contribution in [3.8, 4) is 0 Å². The van der Waals surface area contributed by atoms with Gasteiger partial charge >= 0.3 is 0 Å². The van der Waals surface area contributed by atoms with Crippen LogP contribution in [0.5, 0.6) is 0 Å². The van der Waals surface area contributed by atoms with Crippen LogP contribution >= 0.6 is 0 Å². The number of aryl methyl sites for hydroxylation is 1. The van der Waals surface area contributed by atoms with E-state index in [4.69, 9.17) is 4.74 Å². The van der Waals surface area contributed by atoms with Crippen molar-refractivity contribution in [2.75, 3.05) is 18.1 Å². The molecule has 2 aliphatic heterocycles. The molecule has 0 aromatic carbocycles. The summed E-state index contributed by atoms with van der Waals surface area (Å²) in [6, 6.07) is 0.548. The van der Waals surface area contributed by atoms with E-state index in [2.05, 4.69) is 14.9 Å². The molecule has 3 heterocycles. The molecule has 2 fully saturated rings. The second-order valence-corrected chi connectivity index (χ2v) is 3.99. The summed E-state index contributed by atoms with van der Waals surface area (Å²) in [7, 11) is 0. The van der Waals surface area contributed by atoms with Gasteiger partial charge in [0.15, 0.2) is 0 Å². The maximum atomic E-state index is 5.54. The predicted molar refractivity (Wildman–Crippen MR) is 52.3 cm³/mol. The number of anilines is 1. The fourth-order valence-corrected chi connectivity index (χ4v) is 2.25. The van der Waals surface area contributed by atoms with Gasteiger partial charge in [0.2, 0.25) is 0 Å². The van der Waals surface area contributed by atoms with Gasteiger partial charge in [0.05, 0.1) is 36.8 Å². The summed E-state index contributed by atoms with van der Waals surface area (Å²) >= 11 is 0. The van der Waals surface area contributed by atoms with Gasteiger partial charge in [0, 0.05) is 6.54 Å². The molecule has 74 valence electrons. The first kappa shape index (κ1) is 8.17. The molecule has 4 heteroatoms. The minimum Gasteiger partial charge on any atom is -0.374 e. The quantitative estimate of drug-likeness (QED) is 0.657. The lowest BCUT2D eigenvalue weighted by molar-refractivity contribution is 0.0991. The Balaban J connectivity index is 1.86. The summed E-state index contributed by atoms with van der Waals surface area (Å²) in [5.74, 6) is 0.828. The maximum absolute atomic E-state index is 5.54. The van der Waals surface area contributed by atoms with Crippen LogP contribution in [0.15, 0.2) is 12.4 Å². The summed E-state index contributed by atoms with van der Waals surface area (Å²) in [6.45, 7) is 3.76. The van der Waals surface area contributed by atoms with E-state index in [9.17, 15) is 0 Å². The summed E-state index contributed by atoms with van der Waals surface area (Å²) in [4.78, 5) is 10.8. The lowest BCUT2D eigenvalue weighted by Crippen LogP contribution is -2.37. The van der Waals surface area contributed by atoms with E-state index < -0.39 is 0 Å². The first-order valence-corrected chi connectivity index (χ1v) is 5.00. The Morgan fingerprint density at radius 2 is 2.21 bits per heavy atom. The first-order valence-electron chi connectivity index (χ1n) is 5.00. The van der Waals surface area contributed by atoms with Crippen molar-refractivity contribution in [3.63, 3.8) is 0 Å². The fourth-order valence-electron chi connectivity index (χ4n) is 2.25. The van der Waals surface area contributed by atoms with E-state index in [1.54, 1.807) is 0 Å². The second-order valence-electron chi connectivity index (χ2n) is 3.99. The molecule has 0 spiro atoms. The molecule has 2 unspecified atom stereocenters. The minimum atomic E-state index is 0.432. The highest BCUT2D eigenvalue weighted by Gasteiger charge is 2.39. The Labute approximate surface area is 82.9 Å². The van der Waals surface area contributed by atoms with Crippen molar-refractivity contribution in [2.45, 2.75) is 25.5 Å². The third kappa shape index (κ3) is 1.18. The number of nitrogens with zero attached hydrogens (tertiary/aromatic N) is 3. The molecule has 1 aromatic heterocycles. The summed E-state index contributed by atoms with van der Waals surface area (Å²) in [6.07, 6.45) is 5.40. The molecule has 0 radical (unpaired) electrons. The van der Waals surface area contributed by atoms with Gasteiger partial charge in [-0.1, -0.05) is 0 Å². The molecular formula is C10H13N3O. The molecule has 0 amide bonds. The van der Waals surface area contributed by atoms with Crippen LogP contribution in [-0.2, 0) is 4.74 Å². The van der Waals surface area contributed by atoms with Crippen LogP contribution < -0.4 is 4.90 Å². The molecule has 2 atom stereocenters. The molecule has 2 saturated heterocycles. The van der Waals surface area contributed by atoms with E-state index in [1.165, 1.54) is 0 Å². The smallest absolute Gasteiger partial charge is 0.125 e. The van der Waals surface area contributed by atoms with Crippen molar-refractivity contribution in [3.05, 3.63) is 18.2 Å². The molecule has 3 rings (SSSR count). The highest BCUT2D eigenvalue weighted by molar-refractivity contribution is 5.45. The number of fused-ring (bicyclic) bond motifs is 2. The first-order chi connectivity index (χ1) is 6.83. The second kappa shape index (κ2) is 2.92. The Kier molecular flexibility index (Phi) is 1.70. The van der Waals surface area contributed by atoms with E-state index in [0.717, 1.165) is 31.1 Å². The largest absolute Gasteiger partial charge is 0.374 e. The zero-order valence-corrected chi connectivity index (χ0v) is 8.18. The van der Waals surface area contributed by atoms with Gasteiger partial charge in [0.1, 0.15) is 5.82 Å². The third-order valence-corrected chi connectivity index (χ3v) is 3.00. The summed E-state index contributed by atoms with van der Waals surface area (Å²) in [5, 5.41) is 0. The third-order valence-electron chi connectivity index (χ3n) is 3.00. The standard InChI is InChI=1S/C10H13N3O/c1-7-11-3-9(4-12-7)13-5-10-2-8(13)6-14-10/h3-4,8,10H,2,5-6H2,1H3. The number of hydrogen-bond acceptors (Lipinski definition) is 4. The monoisotopic (exact) mass is 191 g/mol. The Bertz CT molecular complexity index is 338. The molecule has 14 heavy (non-hydrogen) atoms. The van der Waals surface area contributed by atoms with Crippen LogP contribution in [0.25, 0.3) is 0 Å². The van der Waals surface area contributed by atoms with Crippen molar-refractivity contribution in [1.82, 2.24) is 9.97 Å². The van der Waals surface area contributed by atoms with Gasteiger partial charge in [-0.05, 0) is 13.3 Å². The van der Waals surface area contributed by atoms with Crippen LogP contribution in [0.1, 0.15) is 12.2 Å². The number of rotatable bonds is 1. The highest BCUT2D eigenvalue weighted by atomic mass is 16.5. The van der Waals surface area contributed by atoms with Crippen LogP contribution in [-0.4, -0.2) is 35.3 Å². The number of morpholine rings is 1. The van der Waals surface area contributed by atoms with Gasteiger partial charge in [0.25, 0.3) is 0 Å². The Morgan fingerprint density at radius 3 is 2.79 bits per heavy atom. The van der Waals surface area contributed by atoms with E-state index in [1.807, 2.05) is 19.3 Å². The lowest BCUT2D eigenvalue weighted by Gasteiger charge is -2.28. The van der Waals surface area contributed by atoms with Gasteiger partial charge in [-0.15, -0.1) is 0 Å². The molecule has 2 aliphatic rings. The van der Waals surface area contributed by atoms with E-state index in [-0.39, 0.29) is 0 Å². The molecule has 1 aromatic rings. The lowest BCUT2D eigenvalue weighted by atomic mass is 10.2.